The minimum Gasteiger partial charge on any atom is -0.323 e. The molecule has 0 atom stereocenters. The molecule has 0 saturated heterocycles. The summed E-state index contributed by atoms with van der Waals surface area (Å²) in [5, 5.41) is 5.42. The summed E-state index contributed by atoms with van der Waals surface area (Å²) in [6, 6.07) is 7.07. The monoisotopic (exact) mass is 324 g/mol. The molecule has 1 heterocycles. The van der Waals surface area contributed by atoms with E-state index in [1.165, 1.54) is 6.08 Å². The van der Waals surface area contributed by atoms with E-state index in [2.05, 4.69) is 34.1 Å². The molecule has 0 bridgehead atoms. The zero-order valence-corrected chi connectivity index (χ0v) is 13.6. The average Bonchev–Trinajstić information content (AvgIpc) is 2.58. The third-order valence-electron chi connectivity index (χ3n) is 3.23. The van der Waals surface area contributed by atoms with Crippen LogP contribution in [-0.2, 0) is 22.4 Å². The summed E-state index contributed by atoms with van der Waals surface area (Å²) >= 11 is 0. The van der Waals surface area contributed by atoms with Crippen molar-refractivity contribution >= 4 is 23.2 Å². The number of rotatable bonds is 7. The quantitative estimate of drug-likeness (QED) is 0.767. The van der Waals surface area contributed by atoms with Crippen molar-refractivity contribution in [3.8, 4) is 0 Å². The van der Waals surface area contributed by atoms with E-state index < -0.39 is 0 Å². The first-order chi connectivity index (χ1) is 11.6. The Labute approximate surface area is 141 Å². The van der Waals surface area contributed by atoms with E-state index in [1.54, 1.807) is 36.7 Å². The van der Waals surface area contributed by atoms with Gasteiger partial charge in [0, 0.05) is 12.1 Å². The standard InChI is InChI=1S/C18H20N4O2/c1-3-5-16-19-11-15(12-20-16)22-18(24)10-13-6-8-14(9-7-13)21-17(23)4-2/h4,6-9,11-12H,2-3,5,10H2,1H3,(H,21,23)(H,22,24). The fourth-order valence-corrected chi connectivity index (χ4v) is 2.06. The van der Waals surface area contributed by atoms with E-state index in [9.17, 15) is 9.59 Å². The number of anilines is 2. The zero-order valence-electron chi connectivity index (χ0n) is 13.6. The van der Waals surface area contributed by atoms with Gasteiger partial charge in [0.2, 0.25) is 11.8 Å². The Kier molecular flexibility index (Phi) is 6.19. The number of nitrogens with zero attached hydrogens (tertiary/aromatic N) is 2. The lowest BCUT2D eigenvalue weighted by Gasteiger charge is -2.07. The molecule has 1 aromatic heterocycles. The highest BCUT2D eigenvalue weighted by Crippen LogP contribution is 2.11. The molecule has 0 aliphatic carbocycles. The van der Waals surface area contributed by atoms with Crippen LogP contribution in [0.5, 0.6) is 0 Å². The van der Waals surface area contributed by atoms with Crippen LogP contribution in [0.4, 0.5) is 11.4 Å². The van der Waals surface area contributed by atoms with Gasteiger partial charge in [-0.3, -0.25) is 9.59 Å². The Hall–Kier alpha value is -3.02. The highest BCUT2D eigenvalue weighted by Gasteiger charge is 2.06. The van der Waals surface area contributed by atoms with Crippen LogP contribution in [0.15, 0.2) is 49.3 Å². The Morgan fingerprint density at radius 2 is 1.75 bits per heavy atom. The van der Waals surface area contributed by atoms with Gasteiger partial charge in [-0.05, 0) is 30.2 Å². The maximum absolute atomic E-state index is 12.1. The molecule has 0 radical (unpaired) electrons. The van der Waals surface area contributed by atoms with Gasteiger partial charge in [-0.15, -0.1) is 0 Å². The van der Waals surface area contributed by atoms with Gasteiger partial charge in [0.1, 0.15) is 5.82 Å². The second-order valence-corrected chi connectivity index (χ2v) is 5.25. The molecule has 0 aliphatic heterocycles. The number of carbonyl (C=O) groups is 2. The van der Waals surface area contributed by atoms with Gasteiger partial charge in [-0.25, -0.2) is 9.97 Å². The second-order valence-electron chi connectivity index (χ2n) is 5.25. The predicted molar refractivity (Wildman–Crippen MR) is 93.6 cm³/mol. The number of nitrogens with one attached hydrogen (secondary N) is 2. The van der Waals surface area contributed by atoms with Crippen molar-refractivity contribution in [3.05, 3.63) is 60.7 Å². The molecule has 0 fully saturated rings. The molecule has 24 heavy (non-hydrogen) atoms. The van der Waals surface area contributed by atoms with Crippen molar-refractivity contribution in [1.29, 1.82) is 0 Å². The molecule has 2 N–H and O–H groups in total. The van der Waals surface area contributed by atoms with Gasteiger partial charge in [-0.1, -0.05) is 25.6 Å². The lowest BCUT2D eigenvalue weighted by atomic mass is 10.1. The summed E-state index contributed by atoms with van der Waals surface area (Å²) in [7, 11) is 0. The van der Waals surface area contributed by atoms with Crippen molar-refractivity contribution < 1.29 is 9.59 Å². The molecular weight excluding hydrogens is 304 g/mol. The maximum Gasteiger partial charge on any atom is 0.247 e. The summed E-state index contributed by atoms with van der Waals surface area (Å²) in [6.07, 6.45) is 6.47. The van der Waals surface area contributed by atoms with E-state index in [0.29, 0.717) is 11.4 Å². The molecule has 2 aromatic rings. The van der Waals surface area contributed by atoms with Gasteiger partial charge >= 0.3 is 0 Å². The Bertz CT molecular complexity index is 709. The first kappa shape index (κ1) is 17.3. The molecule has 2 rings (SSSR count). The van der Waals surface area contributed by atoms with Crippen molar-refractivity contribution in [2.45, 2.75) is 26.2 Å². The highest BCUT2D eigenvalue weighted by molar-refractivity contribution is 5.99. The van der Waals surface area contributed by atoms with Gasteiger partial charge in [0.05, 0.1) is 24.5 Å². The normalized spacial score (nSPS) is 10.0. The summed E-state index contributed by atoms with van der Waals surface area (Å²) in [6.45, 7) is 5.46. The maximum atomic E-state index is 12.1. The molecule has 0 spiro atoms. The SMILES string of the molecule is C=CC(=O)Nc1ccc(CC(=O)Nc2cnc(CCC)nc2)cc1. The van der Waals surface area contributed by atoms with Crippen LogP contribution < -0.4 is 10.6 Å². The molecular formula is C18H20N4O2. The summed E-state index contributed by atoms with van der Waals surface area (Å²) in [4.78, 5) is 31.7. The van der Waals surface area contributed by atoms with Crippen LogP contribution in [0.2, 0.25) is 0 Å². The topological polar surface area (TPSA) is 84.0 Å². The number of carbonyl (C=O) groups excluding carboxylic acids is 2. The third-order valence-corrected chi connectivity index (χ3v) is 3.23. The zero-order chi connectivity index (χ0) is 17.4. The predicted octanol–water partition coefficient (Wildman–Crippen LogP) is 2.73. The number of hydrogen-bond donors (Lipinski definition) is 2. The second kappa shape index (κ2) is 8.57. The Morgan fingerprint density at radius 1 is 1.08 bits per heavy atom. The average molecular weight is 324 g/mol. The largest absolute Gasteiger partial charge is 0.323 e. The summed E-state index contributed by atoms with van der Waals surface area (Å²) in [5.41, 5.74) is 2.08. The lowest BCUT2D eigenvalue weighted by Crippen LogP contribution is -2.15. The van der Waals surface area contributed by atoms with Crippen molar-refractivity contribution in [3.63, 3.8) is 0 Å². The summed E-state index contributed by atoms with van der Waals surface area (Å²) in [5.74, 6) is 0.351. The molecule has 0 saturated carbocycles. The fourth-order valence-electron chi connectivity index (χ4n) is 2.06. The molecule has 2 amide bonds. The van der Waals surface area contributed by atoms with Crippen molar-refractivity contribution in [1.82, 2.24) is 9.97 Å². The van der Waals surface area contributed by atoms with Crippen molar-refractivity contribution in [2.24, 2.45) is 0 Å². The van der Waals surface area contributed by atoms with Crippen LogP contribution in [0.1, 0.15) is 24.7 Å². The van der Waals surface area contributed by atoms with Crippen LogP contribution in [-0.4, -0.2) is 21.8 Å². The summed E-state index contributed by atoms with van der Waals surface area (Å²) < 4.78 is 0. The van der Waals surface area contributed by atoms with E-state index in [-0.39, 0.29) is 18.2 Å². The third kappa shape index (κ3) is 5.31. The van der Waals surface area contributed by atoms with Crippen LogP contribution in [0.3, 0.4) is 0 Å². The van der Waals surface area contributed by atoms with Gasteiger partial charge in [-0.2, -0.15) is 0 Å². The molecule has 124 valence electrons. The first-order valence-corrected chi connectivity index (χ1v) is 7.74. The number of benzene rings is 1. The molecule has 1 aromatic carbocycles. The molecule has 6 nitrogen and oxygen atoms in total. The van der Waals surface area contributed by atoms with E-state index in [0.717, 1.165) is 24.2 Å². The number of hydrogen-bond acceptors (Lipinski definition) is 4. The Morgan fingerprint density at radius 3 is 2.33 bits per heavy atom. The fraction of sp³-hybridized carbons (Fsp3) is 0.222. The number of aromatic nitrogens is 2. The minimum absolute atomic E-state index is 0.148. The minimum atomic E-state index is -0.271. The molecule has 0 unspecified atom stereocenters. The van der Waals surface area contributed by atoms with E-state index >= 15 is 0 Å². The highest BCUT2D eigenvalue weighted by atomic mass is 16.2. The van der Waals surface area contributed by atoms with Crippen molar-refractivity contribution in [2.75, 3.05) is 10.6 Å². The van der Waals surface area contributed by atoms with E-state index in [4.69, 9.17) is 0 Å². The lowest BCUT2D eigenvalue weighted by molar-refractivity contribution is -0.115. The van der Waals surface area contributed by atoms with Gasteiger partial charge < -0.3 is 10.6 Å². The van der Waals surface area contributed by atoms with Crippen LogP contribution in [0.25, 0.3) is 0 Å². The molecule has 0 aliphatic rings. The Balaban J connectivity index is 1.89. The van der Waals surface area contributed by atoms with Gasteiger partial charge in [0.25, 0.3) is 0 Å². The first-order valence-electron chi connectivity index (χ1n) is 7.74. The number of aryl methyl sites for hydroxylation is 1. The van der Waals surface area contributed by atoms with Crippen LogP contribution in [0, 0.1) is 0 Å². The smallest absolute Gasteiger partial charge is 0.247 e. The molecule has 6 heteroatoms. The number of amides is 2. The van der Waals surface area contributed by atoms with Gasteiger partial charge in [0.15, 0.2) is 0 Å². The van der Waals surface area contributed by atoms with Crippen LogP contribution >= 0.6 is 0 Å². The van der Waals surface area contributed by atoms with E-state index in [1.807, 2.05) is 0 Å².